The van der Waals surface area contributed by atoms with Crippen molar-refractivity contribution in [3.63, 3.8) is 0 Å². The molecule has 0 aromatic rings. The SMILES string of the molecule is CCOC(=O)C(C(=O)NCC(F)(F)C(F)F)C(C)(C)C. The molecule has 118 valence electrons. The van der Waals surface area contributed by atoms with Crippen molar-refractivity contribution in [2.24, 2.45) is 11.3 Å². The first kappa shape index (κ1) is 18.7. The van der Waals surface area contributed by atoms with Crippen molar-refractivity contribution >= 4 is 11.9 Å². The lowest BCUT2D eigenvalue weighted by atomic mass is 9.80. The molecule has 1 atom stereocenters. The number of esters is 1. The number of alkyl halides is 4. The van der Waals surface area contributed by atoms with E-state index in [0.717, 1.165) is 0 Å². The van der Waals surface area contributed by atoms with Crippen LogP contribution < -0.4 is 5.32 Å². The molecular formula is C12H19F4NO3. The van der Waals surface area contributed by atoms with Crippen LogP contribution in [0.1, 0.15) is 27.7 Å². The van der Waals surface area contributed by atoms with Crippen LogP contribution in [0.15, 0.2) is 0 Å². The van der Waals surface area contributed by atoms with E-state index in [2.05, 4.69) is 0 Å². The molecule has 1 unspecified atom stereocenters. The van der Waals surface area contributed by atoms with Crippen LogP contribution in [-0.2, 0) is 14.3 Å². The number of amides is 1. The van der Waals surface area contributed by atoms with Gasteiger partial charge in [0.15, 0.2) is 0 Å². The van der Waals surface area contributed by atoms with E-state index in [0.29, 0.717) is 0 Å². The smallest absolute Gasteiger partial charge is 0.324 e. The normalized spacial score (nSPS) is 14.1. The van der Waals surface area contributed by atoms with Crippen molar-refractivity contribution in [3.05, 3.63) is 0 Å². The van der Waals surface area contributed by atoms with Crippen LogP contribution in [0.4, 0.5) is 17.6 Å². The van der Waals surface area contributed by atoms with Gasteiger partial charge in [-0.2, -0.15) is 8.78 Å². The summed E-state index contributed by atoms with van der Waals surface area (Å²) in [5.74, 6) is -7.63. The second-order valence-corrected chi connectivity index (χ2v) is 5.33. The highest BCUT2D eigenvalue weighted by atomic mass is 19.3. The molecule has 0 aliphatic heterocycles. The molecule has 0 fully saturated rings. The molecule has 0 aliphatic rings. The molecule has 20 heavy (non-hydrogen) atoms. The highest BCUT2D eigenvalue weighted by Crippen LogP contribution is 2.28. The van der Waals surface area contributed by atoms with E-state index in [1.54, 1.807) is 26.1 Å². The molecule has 4 nitrogen and oxygen atoms in total. The number of rotatable bonds is 6. The Bertz CT molecular complexity index is 353. The molecule has 0 aliphatic carbocycles. The standard InChI is InChI=1S/C12H19F4NO3/c1-5-20-9(19)7(11(2,3)4)8(18)17-6-12(15,16)10(13)14/h7,10H,5-6H2,1-4H3,(H,17,18). The molecule has 0 heterocycles. The van der Waals surface area contributed by atoms with Gasteiger partial charge in [-0.3, -0.25) is 9.59 Å². The molecule has 0 rings (SSSR count). The largest absolute Gasteiger partial charge is 0.465 e. The Morgan fingerprint density at radius 1 is 1.20 bits per heavy atom. The number of carbonyl (C=O) groups excluding carboxylic acids is 2. The van der Waals surface area contributed by atoms with Crippen LogP contribution in [0.5, 0.6) is 0 Å². The molecule has 0 saturated heterocycles. The number of nitrogens with one attached hydrogen (secondary N) is 1. The molecule has 1 amide bonds. The maximum absolute atomic E-state index is 12.7. The average molecular weight is 301 g/mol. The predicted molar refractivity (Wildman–Crippen MR) is 63.5 cm³/mol. The molecule has 0 radical (unpaired) electrons. The average Bonchev–Trinajstić information content (AvgIpc) is 2.24. The van der Waals surface area contributed by atoms with E-state index >= 15 is 0 Å². The molecule has 8 heteroatoms. The third-order valence-corrected chi connectivity index (χ3v) is 2.47. The minimum absolute atomic E-state index is 0.0197. The number of halogens is 4. The summed E-state index contributed by atoms with van der Waals surface area (Å²) in [5, 5.41) is 1.68. The van der Waals surface area contributed by atoms with Crippen molar-refractivity contribution in [2.45, 2.75) is 40.0 Å². The van der Waals surface area contributed by atoms with Gasteiger partial charge in [-0.05, 0) is 12.3 Å². The van der Waals surface area contributed by atoms with Crippen LogP contribution >= 0.6 is 0 Å². The Labute approximate surface area is 114 Å². The molecular weight excluding hydrogens is 282 g/mol. The molecule has 0 saturated carbocycles. The Balaban J connectivity index is 4.87. The Kier molecular flexibility index (Phi) is 6.43. The number of hydrogen-bond acceptors (Lipinski definition) is 3. The first-order chi connectivity index (χ1) is 8.93. The fourth-order valence-electron chi connectivity index (χ4n) is 1.46. The van der Waals surface area contributed by atoms with Gasteiger partial charge in [0.25, 0.3) is 0 Å². The lowest BCUT2D eigenvalue weighted by Crippen LogP contribution is -2.48. The van der Waals surface area contributed by atoms with Gasteiger partial charge in [0.05, 0.1) is 13.2 Å². The van der Waals surface area contributed by atoms with E-state index in [1.165, 1.54) is 6.92 Å². The van der Waals surface area contributed by atoms with E-state index in [-0.39, 0.29) is 6.61 Å². The molecule has 0 aromatic carbocycles. The third kappa shape index (κ3) is 5.34. The maximum Gasteiger partial charge on any atom is 0.324 e. The number of carbonyl (C=O) groups is 2. The van der Waals surface area contributed by atoms with E-state index < -0.39 is 42.1 Å². The van der Waals surface area contributed by atoms with Crippen LogP contribution in [0.25, 0.3) is 0 Å². The Morgan fingerprint density at radius 2 is 1.70 bits per heavy atom. The van der Waals surface area contributed by atoms with Crippen LogP contribution in [0.3, 0.4) is 0 Å². The summed E-state index contributed by atoms with van der Waals surface area (Å²) in [4.78, 5) is 23.5. The van der Waals surface area contributed by atoms with Crippen molar-refractivity contribution in [2.75, 3.05) is 13.2 Å². The summed E-state index contributed by atoms with van der Waals surface area (Å²) in [6, 6.07) is 0. The fourth-order valence-corrected chi connectivity index (χ4v) is 1.46. The van der Waals surface area contributed by atoms with E-state index in [1.807, 2.05) is 0 Å². The van der Waals surface area contributed by atoms with Gasteiger partial charge >= 0.3 is 18.3 Å². The van der Waals surface area contributed by atoms with Gasteiger partial charge < -0.3 is 10.1 Å². The van der Waals surface area contributed by atoms with Crippen LogP contribution in [-0.4, -0.2) is 37.4 Å². The minimum Gasteiger partial charge on any atom is -0.465 e. The van der Waals surface area contributed by atoms with Gasteiger partial charge in [-0.25, -0.2) is 8.78 Å². The summed E-state index contributed by atoms with van der Waals surface area (Å²) in [7, 11) is 0. The zero-order chi connectivity index (χ0) is 16.1. The zero-order valence-electron chi connectivity index (χ0n) is 11.8. The highest BCUT2D eigenvalue weighted by Gasteiger charge is 2.44. The number of hydrogen-bond donors (Lipinski definition) is 1. The predicted octanol–water partition coefficient (Wildman–Crippen LogP) is 2.23. The lowest BCUT2D eigenvalue weighted by Gasteiger charge is -2.28. The van der Waals surface area contributed by atoms with Gasteiger partial charge in [0, 0.05) is 0 Å². The van der Waals surface area contributed by atoms with Crippen molar-refractivity contribution in [1.29, 1.82) is 0 Å². The third-order valence-electron chi connectivity index (χ3n) is 2.47. The zero-order valence-corrected chi connectivity index (χ0v) is 11.8. The monoisotopic (exact) mass is 301 g/mol. The van der Waals surface area contributed by atoms with Gasteiger partial charge in [0.2, 0.25) is 5.91 Å². The van der Waals surface area contributed by atoms with Gasteiger partial charge in [0.1, 0.15) is 5.92 Å². The highest BCUT2D eigenvalue weighted by molar-refractivity contribution is 5.98. The van der Waals surface area contributed by atoms with E-state index in [4.69, 9.17) is 4.74 Å². The van der Waals surface area contributed by atoms with Gasteiger partial charge in [-0.15, -0.1) is 0 Å². The van der Waals surface area contributed by atoms with E-state index in [9.17, 15) is 27.2 Å². The number of ether oxygens (including phenoxy) is 1. The summed E-state index contributed by atoms with van der Waals surface area (Å²) in [5.41, 5.74) is -0.892. The van der Waals surface area contributed by atoms with Crippen molar-refractivity contribution in [1.82, 2.24) is 5.32 Å². The van der Waals surface area contributed by atoms with Crippen LogP contribution in [0, 0.1) is 11.3 Å². The quantitative estimate of drug-likeness (QED) is 0.465. The summed E-state index contributed by atoms with van der Waals surface area (Å²) in [6.45, 7) is 4.64. The fraction of sp³-hybridized carbons (Fsp3) is 0.833. The topological polar surface area (TPSA) is 55.4 Å². The molecule has 0 spiro atoms. The summed E-state index contributed by atoms with van der Waals surface area (Å²) in [6.07, 6.45) is -3.89. The summed E-state index contributed by atoms with van der Waals surface area (Å²) >= 11 is 0. The first-order valence-electron chi connectivity index (χ1n) is 6.03. The second kappa shape index (κ2) is 6.90. The summed E-state index contributed by atoms with van der Waals surface area (Å²) < 4.78 is 54.1. The van der Waals surface area contributed by atoms with Crippen molar-refractivity contribution < 1.29 is 31.9 Å². The second-order valence-electron chi connectivity index (χ2n) is 5.33. The van der Waals surface area contributed by atoms with Gasteiger partial charge in [-0.1, -0.05) is 20.8 Å². The Morgan fingerprint density at radius 3 is 2.05 bits per heavy atom. The molecule has 0 bridgehead atoms. The van der Waals surface area contributed by atoms with Crippen LogP contribution in [0.2, 0.25) is 0 Å². The minimum atomic E-state index is -4.34. The molecule has 0 aromatic heterocycles. The Hall–Kier alpha value is -1.34. The van der Waals surface area contributed by atoms with Crippen molar-refractivity contribution in [3.8, 4) is 0 Å². The first-order valence-corrected chi connectivity index (χ1v) is 6.03. The maximum atomic E-state index is 12.7. The molecule has 1 N–H and O–H groups in total. The lowest BCUT2D eigenvalue weighted by molar-refractivity contribution is -0.158.